The molecular formula is C18H20N2O3. The van der Waals surface area contributed by atoms with Crippen LogP contribution in [0.15, 0.2) is 42.7 Å². The minimum Gasteiger partial charge on any atom is -0.497 e. The third kappa shape index (κ3) is 3.28. The lowest BCUT2D eigenvalue weighted by atomic mass is 9.89. The molecule has 0 saturated heterocycles. The van der Waals surface area contributed by atoms with Crippen LogP contribution in [-0.2, 0) is 0 Å². The van der Waals surface area contributed by atoms with Crippen molar-refractivity contribution in [3.63, 3.8) is 0 Å². The minimum absolute atomic E-state index is 0.142. The number of carbonyl (C=O) groups is 1. The topological polar surface area (TPSA) is 60.5 Å². The number of nitrogens with zero attached hydrogens (tertiary/aromatic N) is 1. The summed E-state index contributed by atoms with van der Waals surface area (Å²) in [4.78, 5) is 16.5. The molecule has 0 radical (unpaired) electrons. The number of nitrogens with one attached hydrogen (secondary N) is 1. The normalized spacial score (nSPS) is 18.5. The summed E-state index contributed by atoms with van der Waals surface area (Å²) in [5.74, 6) is 1.38. The Morgan fingerprint density at radius 2 is 2.22 bits per heavy atom. The molecule has 5 heteroatoms. The molecule has 0 fully saturated rings. The van der Waals surface area contributed by atoms with Crippen molar-refractivity contribution in [1.29, 1.82) is 0 Å². The largest absolute Gasteiger partial charge is 0.497 e. The number of rotatable bonds is 3. The molecule has 1 aliphatic heterocycles. The van der Waals surface area contributed by atoms with Crippen LogP contribution in [0.2, 0.25) is 0 Å². The van der Waals surface area contributed by atoms with Gasteiger partial charge in [-0.25, -0.2) is 0 Å². The zero-order chi connectivity index (χ0) is 16.4. The van der Waals surface area contributed by atoms with Crippen LogP contribution in [-0.4, -0.2) is 23.6 Å². The third-order valence-electron chi connectivity index (χ3n) is 3.90. The lowest BCUT2D eigenvalue weighted by Crippen LogP contribution is -2.41. The number of methoxy groups -OCH3 is 1. The van der Waals surface area contributed by atoms with Gasteiger partial charge in [0.05, 0.1) is 18.7 Å². The lowest BCUT2D eigenvalue weighted by molar-refractivity contribution is 0.0618. The molecule has 1 aromatic heterocycles. The highest BCUT2D eigenvalue weighted by molar-refractivity contribution is 5.94. The molecule has 1 aliphatic rings. The number of aromatic nitrogens is 1. The van der Waals surface area contributed by atoms with Crippen molar-refractivity contribution < 1.29 is 14.3 Å². The highest BCUT2D eigenvalue weighted by Crippen LogP contribution is 2.41. The van der Waals surface area contributed by atoms with Gasteiger partial charge in [0.1, 0.15) is 17.1 Å². The first kappa shape index (κ1) is 15.3. The van der Waals surface area contributed by atoms with Crippen molar-refractivity contribution >= 4 is 5.91 Å². The molecular weight excluding hydrogens is 292 g/mol. The summed E-state index contributed by atoms with van der Waals surface area (Å²) in [5, 5.41) is 3.08. The van der Waals surface area contributed by atoms with Crippen LogP contribution >= 0.6 is 0 Å². The van der Waals surface area contributed by atoms with Gasteiger partial charge < -0.3 is 14.8 Å². The van der Waals surface area contributed by atoms with Crippen LogP contribution in [0.3, 0.4) is 0 Å². The summed E-state index contributed by atoms with van der Waals surface area (Å²) in [6.45, 7) is 4.03. The maximum Gasteiger partial charge on any atom is 0.253 e. The number of ether oxygens (including phenoxy) is 2. The fourth-order valence-corrected chi connectivity index (χ4v) is 2.83. The highest BCUT2D eigenvalue weighted by Gasteiger charge is 2.35. The number of fused-ring (bicyclic) bond motifs is 1. The Morgan fingerprint density at radius 1 is 1.39 bits per heavy atom. The second kappa shape index (κ2) is 5.91. The predicted octanol–water partition coefficient (Wildman–Crippen LogP) is 3.12. The van der Waals surface area contributed by atoms with E-state index in [9.17, 15) is 4.79 Å². The third-order valence-corrected chi connectivity index (χ3v) is 3.90. The number of amides is 1. The average Bonchev–Trinajstić information content (AvgIpc) is 2.54. The monoisotopic (exact) mass is 312 g/mol. The molecule has 0 bridgehead atoms. The van der Waals surface area contributed by atoms with Crippen molar-refractivity contribution in [2.24, 2.45) is 0 Å². The fourth-order valence-electron chi connectivity index (χ4n) is 2.83. The van der Waals surface area contributed by atoms with Gasteiger partial charge in [0, 0.05) is 24.4 Å². The van der Waals surface area contributed by atoms with E-state index in [1.165, 1.54) is 0 Å². The number of benzene rings is 1. The van der Waals surface area contributed by atoms with Gasteiger partial charge in [-0.1, -0.05) is 0 Å². The Morgan fingerprint density at radius 3 is 2.91 bits per heavy atom. The summed E-state index contributed by atoms with van der Waals surface area (Å²) in [7, 11) is 1.62. The number of hydrogen-bond acceptors (Lipinski definition) is 4. The van der Waals surface area contributed by atoms with E-state index in [0.29, 0.717) is 12.0 Å². The van der Waals surface area contributed by atoms with Crippen molar-refractivity contribution in [2.75, 3.05) is 7.11 Å². The standard InChI is InChI=1S/C18H20N2O3/c1-18(2)10-15(20-17(21)12-5-4-8-19-11-12)14-9-13(22-3)6-7-16(14)23-18/h4-9,11,15H,10H2,1-3H3,(H,20,21). The predicted molar refractivity (Wildman–Crippen MR) is 86.8 cm³/mol. The average molecular weight is 312 g/mol. The minimum atomic E-state index is -0.353. The first-order valence-electron chi connectivity index (χ1n) is 7.56. The van der Waals surface area contributed by atoms with Crippen LogP contribution < -0.4 is 14.8 Å². The van der Waals surface area contributed by atoms with E-state index in [2.05, 4.69) is 10.3 Å². The van der Waals surface area contributed by atoms with Crippen LogP contribution in [0.4, 0.5) is 0 Å². The van der Waals surface area contributed by atoms with E-state index in [-0.39, 0.29) is 17.6 Å². The van der Waals surface area contributed by atoms with Gasteiger partial charge in [-0.2, -0.15) is 0 Å². The summed E-state index contributed by atoms with van der Waals surface area (Å²) in [6, 6.07) is 9.02. The van der Waals surface area contributed by atoms with E-state index < -0.39 is 0 Å². The van der Waals surface area contributed by atoms with Gasteiger partial charge >= 0.3 is 0 Å². The zero-order valence-corrected chi connectivity index (χ0v) is 13.5. The highest BCUT2D eigenvalue weighted by atomic mass is 16.5. The van der Waals surface area contributed by atoms with Crippen molar-refractivity contribution in [3.8, 4) is 11.5 Å². The molecule has 1 unspecified atom stereocenters. The van der Waals surface area contributed by atoms with Crippen molar-refractivity contribution in [2.45, 2.75) is 31.9 Å². The molecule has 1 N–H and O–H groups in total. The van der Waals surface area contributed by atoms with Crippen molar-refractivity contribution in [3.05, 3.63) is 53.9 Å². The molecule has 3 rings (SSSR count). The number of pyridine rings is 1. The Labute approximate surface area is 135 Å². The summed E-state index contributed by atoms with van der Waals surface area (Å²) in [6.07, 6.45) is 3.89. The van der Waals surface area contributed by atoms with E-state index in [4.69, 9.17) is 9.47 Å². The molecule has 120 valence electrons. The van der Waals surface area contributed by atoms with Crippen LogP contribution in [0.5, 0.6) is 11.5 Å². The lowest BCUT2D eigenvalue weighted by Gasteiger charge is -2.38. The van der Waals surface area contributed by atoms with Crippen LogP contribution in [0.25, 0.3) is 0 Å². The molecule has 2 heterocycles. The molecule has 0 saturated carbocycles. The van der Waals surface area contributed by atoms with Crippen LogP contribution in [0, 0.1) is 0 Å². The molecule has 0 spiro atoms. The Balaban J connectivity index is 1.91. The molecule has 23 heavy (non-hydrogen) atoms. The summed E-state index contributed by atoms with van der Waals surface area (Å²) >= 11 is 0. The molecule has 1 amide bonds. The zero-order valence-electron chi connectivity index (χ0n) is 13.5. The number of hydrogen-bond donors (Lipinski definition) is 1. The van der Waals surface area contributed by atoms with E-state index in [1.807, 2.05) is 32.0 Å². The van der Waals surface area contributed by atoms with Gasteiger partial charge in [-0.3, -0.25) is 9.78 Å². The van der Waals surface area contributed by atoms with E-state index in [1.54, 1.807) is 31.6 Å². The second-order valence-corrected chi connectivity index (χ2v) is 6.24. The SMILES string of the molecule is COc1ccc2c(c1)C(NC(=O)c1cccnc1)CC(C)(C)O2. The fraction of sp³-hybridized carbons (Fsp3) is 0.333. The number of carbonyl (C=O) groups excluding carboxylic acids is 1. The smallest absolute Gasteiger partial charge is 0.253 e. The van der Waals surface area contributed by atoms with Gasteiger partial charge in [0.15, 0.2) is 0 Å². The molecule has 2 aromatic rings. The van der Waals surface area contributed by atoms with Crippen LogP contribution in [0.1, 0.15) is 42.2 Å². The maximum atomic E-state index is 12.5. The van der Waals surface area contributed by atoms with Gasteiger partial charge in [-0.15, -0.1) is 0 Å². The first-order chi connectivity index (χ1) is 11.0. The Hall–Kier alpha value is -2.56. The van der Waals surface area contributed by atoms with E-state index in [0.717, 1.165) is 17.1 Å². The van der Waals surface area contributed by atoms with E-state index >= 15 is 0 Å². The first-order valence-corrected chi connectivity index (χ1v) is 7.56. The molecule has 5 nitrogen and oxygen atoms in total. The molecule has 1 aromatic carbocycles. The quantitative estimate of drug-likeness (QED) is 0.946. The Kier molecular flexibility index (Phi) is 3.94. The van der Waals surface area contributed by atoms with Gasteiger partial charge in [-0.05, 0) is 44.2 Å². The molecule has 0 aliphatic carbocycles. The summed E-state index contributed by atoms with van der Waals surface area (Å²) in [5.41, 5.74) is 1.12. The summed E-state index contributed by atoms with van der Waals surface area (Å²) < 4.78 is 11.3. The van der Waals surface area contributed by atoms with Gasteiger partial charge in [0.25, 0.3) is 5.91 Å². The van der Waals surface area contributed by atoms with Gasteiger partial charge in [0.2, 0.25) is 0 Å². The Bertz CT molecular complexity index is 713. The van der Waals surface area contributed by atoms with Crippen molar-refractivity contribution in [1.82, 2.24) is 10.3 Å². The maximum absolute atomic E-state index is 12.5. The second-order valence-electron chi connectivity index (χ2n) is 6.24. The molecule has 1 atom stereocenters.